The maximum Gasteiger partial charge on any atom is 0.261 e. The molecule has 0 aliphatic carbocycles. The topological polar surface area (TPSA) is 46.2 Å². The van der Waals surface area contributed by atoms with Gasteiger partial charge in [-0.05, 0) is 48.7 Å². The van der Waals surface area contributed by atoms with Crippen molar-refractivity contribution in [1.29, 1.82) is 0 Å². The van der Waals surface area contributed by atoms with Crippen LogP contribution < -0.4 is 4.72 Å². The molecule has 0 fully saturated rings. The summed E-state index contributed by atoms with van der Waals surface area (Å²) in [5, 5.41) is 0. The molecule has 0 heterocycles. The summed E-state index contributed by atoms with van der Waals surface area (Å²) in [5.41, 5.74) is 1.77. The summed E-state index contributed by atoms with van der Waals surface area (Å²) >= 11 is 0. The molecule has 0 aliphatic heterocycles. The molecule has 0 unspecified atom stereocenters. The fourth-order valence-corrected chi connectivity index (χ4v) is 3.10. The van der Waals surface area contributed by atoms with Gasteiger partial charge in [-0.15, -0.1) is 0 Å². The summed E-state index contributed by atoms with van der Waals surface area (Å²) in [6.07, 6.45) is 0.723. The predicted molar refractivity (Wildman–Crippen MR) is 77.8 cm³/mol. The van der Waals surface area contributed by atoms with E-state index in [0.717, 1.165) is 18.1 Å². The normalized spacial score (nSPS) is 11.3. The lowest BCUT2D eigenvalue weighted by Gasteiger charge is -2.12. The molecule has 1 N–H and O–H groups in total. The highest BCUT2D eigenvalue weighted by Gasteiger charge is 2.16. The fraction of sp³-hybridized carbons (Fsp3) is 0.200. The van der Waals surface area contributed by atoms with Crippen molar-refractivity contribution < 1.29 is 12.8 Å². The van der Waals surface area contributed by atoms with Crippen LogP contribution in [0.3, 0.4) is 0 Å². The van der Waals surface area contributed by atoms with Crippen molar-refractivity contribution in [3.63, 3.8) is 0 Å². The van der Waals surface area contributed by atoms with Crippen LogP contribution >= 0.6 is 0 Å². The summed E-state index contributed by atoms with van der Waals surface area (Å²) in [5.74, 6) is -0.419. The van der Waals surface area contributed by atoms with Gasteiger partial charge >= 0.3 is 0 Å². The largest absolute Gasteiger partial charge is 0.279 e. The molecule has 2 aromatic carbocycles. The average Bonchev–Trinajstić information content (AvgIpc) is 2.42. The Balaban J connectivity index is 2.38. The second-order valence-electron chi connectivity index (χ2n) is 4.53. The highest BCUT2D eigenvalue weighted by molar-refractivity contribution is 7.92. The lowest BCUT2D eigenvalue weighted by Crippen LogP contribution is -2.14. The maximum absolute atomic E-state index is 13.2. The number of rotatable bonds is 4. The second-order valence-corrected chi connectivity index (χ2v) is 6.21. The number of nitrogens with one attached hydrogen (secondary N) is 1. The number of sulfonamides is 1. The molecular formula is C15H16FNO2S. The van der Waals surface area contributed by atoms with Crippen LogP contribution in [0.5, 0.6) is 0 Å². The van der Waals surface area contributed by atoms with Gasteiger partial charge < -0.3 is 0 Å². The molecule has 0 saturated carbocycles. The molecule has 0 amide bonds. The number of para-hydroxylation sites is 1. The van der Waals surface area contributed by atoms with Gasteiger partial charge in [-0.3, -0.25) is 4.72 Å². The molecule has 0 atom stereocenters. The Morgan fingerprint density at radius 1 is 1.15 bits per heavy atom. The van der Waals surface area contributed by atoms with Gasteiger partial charge in [0.15, 0.2) is 0 Å². The number of benzene rings is 2. The molecule has 2 rings (SSSR count). The molecule has 3 nitrogen and oxygen atoms in total. The van der Waals surface area contributed by atoms with E-state index in [1.807, 2.05) is 19.1 Å². The first-order valence-electron chi connectivity index (χ1n) is 6.31. The number of aryl methyl sites for hydroxylation is 2. The van der Waals surface area contributed by atoms with Crippen LogP contribution in [0.2, 0.25) is 0 Å². The monoisotopic (exact) mass is 293 g/mol. The molecule has 20 heavy (non-hydrogen) atoms. The minimum absolute atomic E-state index is 0.0577. The molecular weight excluding hydrogens is 277 g/mol. The van der Waals surface area contributed by atoms with E-state index < -0.39 is 15.8 Å². The Labute approximate surface area is 118 Å². The van der Waals surface area contributed by atoms with E-state index in [9.17, 15) is 12.8 Å². The zero-order chi connectivity index (χ0) is 14.8. The number of hydrogen-bond donors (Lipinski definition) is 1. The van der Waals surface area contributed by atoms with E-state index in [0.29, 0.717) is 11.3 Å². The quantitative estimate of drug-likeness (QED) is 0.938. The van der Waals surface area contributed by atoms with E-state index >= 15 is 0 Å². The van der Waals surface area contributed by atoms with Crippen LogP contribution in [0.4, 0.5) is 10.1 Å². The van der Waals surface area contributed by atoms with E-state index in [4.69, 9.17) is 0 Å². The number of halogens is 1. The highest BCUT2D eigenvalue weighted by atomic mass is 32.2. The van der Waals surface area contributed by atoms with E-state index in [1.165, 1.54) is 19.1 Å². The van der Waals surface area contributed by atoms with Gasteiger partial charge in [-0.1, -0.05) is 25.1 Å². The minimum Gasteiger partial charge on any atom is -0.279 e. The van der Waals surface area contributed by atoms with E-state index in [2.05, 4.69) is 4.72 Å². The molecule has 5 heteroatoms. The van der Waals surface area contributed by atoms with Crippen molar-refractivity contribution in [1.82, 2.24) is 0 Å². The molecule has 0 bridgehead atoms. The fourth-order valence-electron chi connectivity index (χ4n) is 1.92. The van der Waals surface area contributed by atoms with Crippen molar-refractivity contribution in [2.75, 3.05) is 4.72 Å². The third-order valence-electron chi connectivity index (χ3n) is 3.08. The standard InChI is InChI=1S/C15H16FNO2S/c1-3-12-6-4-5-7-15(12)17-20(18,19)13-8-9-14(16)11(2)10-13/h4-10,17H,3H2,1-2H3. The average molecular weight is 293 g/mol. The third-order valence-corrected chi connectivity index (χ3v) is 4.45. The molecule has 0 aliphatic rings. The van der Waals surface area contributed by atoms with Crippen LogP contribution in [-0.4, -0.2) is 8.42 Å². The van der Waals surface area contributed by atoms with E-state index in [-0.39, 0.29) is 4.90 Å². The summed E-state index contributed by atoms with van der Waals surface area (Å²) < 4.78 is 40.4. The maximum atomic E-state index is 13.2. The Morgan fingerprint density at radius 2 is 1.85 bits per heavy atom. The van der Waals surface area contributed by atoms with Crippen molar-refractivity contribution in [2.45, 2.75) is 25.2 Å². The summed E-state index contributed by atoms with van der Waals surface area (Å²) in [4.78, 5) is 0.0577. The van der Waals surface area contributed by atoms with Crippen molar-refractivity contribution in [3.8, 4) is 0 Å². The van der Waals surface area contributed by atoms with Crippen LogP contribution in [0.1, 0.15) is 18.1 Å². The van der Waals surface area contributed by atoms with Gasteiger partial charge in [-0.25, -0.2) is 12.8 Å². The summed E-state index contributed by atoms with van der Waals surface area (Å²) in [7, 11) is -3.70. The minimum atomic E-state index is -3.70. The van der Waals surface area contributed by atoms with Crippen molar-refractivity contribution in [2.24, 2.45) is 0 Å². The van der Waals surface area contributed by atoms with Gasteiger partial charge in [-0.2, -0.15) is 0 Å². The lowest BCUT2D eigenvalue weighted by atomic mass is 10.1. The van der Waals surface area contributed by atoms with Gasteiger partial charge in [0, 0.05) is 0 Å². The second kappa shape index (κ2) is 5.63. The van der Waals surface area contributed by atoms with Gasteiger partial charge in [0.25, 0.3) is 10.0 Å². The molecule has 106 valence electrons. The Morgan fingerprint density at radius 3 is 2.50 bits per heavy atom. The third kappa shape index (κ3) is 2.99. The van der Waals surface area contributed by atoms with E-state index in [1.54, 1.807) is 12.1 Å². The SMILES string of the molecule is CCc1ccccc1NS(=O)(=O)c1ccc(F)c(C)c1. The highest BCUT2D eigenvalue weighted by Crippen LogP contribution is 2.21. The molecule has 2 aromatic rings. The molecule has 0 radical (unpaired) electrons. The van der Waals surface area contributed by atoms with Crippen LogP contribution in [0, 0.1) is 12.7 Å². The van der Waals surface area contributed by atoms with Gasteiger partial charge in [0.05, 0.1) is 10.6 Å². The smallest absolute Gasteiger partial charge is 0.261 e. The number of hydrogen-bond acceptors (Lipinski definition) is 2. The zero-order valence-electron chi connectivity index (χ0n) is 11.4. The lowest BCUT2D eigenvalue weighted by molar-refractivity contribution is 0.598. The van der Waals surface area contributed by atoms with Crippen molar-refractivity contribution >= 4 is 15.7 Å². The van der Waals surface area contributed by atoms with Crippen molar-refractivity contribution in [3.05, 3.63) is 59.4 Å². The Bertz CT molecular complexity index is 726. The number of anilines is 1. The van der Waals surface area contributed by atoms with Crippen LogP contribution in [-0.2, 0) is 16.4 Å². The summed E-state index contributed by atoms with van der Waals surface area (Å²) in [6, 6.07) is 11.0. The van der Waals surface area contributed by atoms with Crippen LogP contribution in [0.25, 0.3) is 0 Å². The zero-order valence-corrected chi connectivity index (χ0v) is 12.2. The molecule has 0 saturated heterocycles. The van der Waals surface area contributed by atoms with Gasteiger partial charge in [0.2, 0.25) is 0 Å². The summed E-state index contributed by atoms with van der Waals surface area (Å²) in [6.45, 7) is 3.49. The first-order chi connectivity index (χ1) is 9.44. The predicted octanol–water partition coefficient (Wildman–Crippen LogP) is 3.50. The Hall–Kier alpha value is -1.88. The van der Waals surface area contributed by atoms with Crippen LogP contribution in [0.15, 0.2) is 47.4 Å². The molecule has 0 spiro atoms. The Kier molecular flexibility index (Phi) is 4.09. The molecule has 0 aromatic heterocycles. The first-order valence-corrected chi connectivity index (χ1v) is 7.79. The first kappa shape index (κ1) is 14.5. The van der Waals surface area contributed by atoms with Gasteiger partial charge in [0.1, 0.15) is 5.82 Å².